The molecule has 6 nitrogen and oxygen atoms in total. The molecule has 28 heavy (non-hydrogen) atoms. The summed E-state index contributed by atoms with van der Waals surface area (Å²) >= 11 is 0. The fraction of sp³-hybridized carbons (Fsp3) is 0.619. The first kappa shape index (κ1) is 20.7. The van der Waals surface area contributed by atoms with E-state index in [1.54, 1.807) is 13.0 Å². The van der Waals surface area contributed by atoms with E-state index in [-0.39, 0.29) is 23.5 Å². The van der Waals surface area contributed by atoms with Gasteiger partial charge in [0.2, 0.25) is 11.8 Å². The van der Waals surface area contributed by atoms with E-state index >= 15 is 0 Å². The summed E-state index contributed by atoms with van der Waals surface area (Å²) in [7, 11) is 0. The van der Waals surface area contributed by atoms with Crippen LogP contribution in [0.5, 0.6) is 0 Å². The molecule has 2 aliphatic rings. The average molecular weight is 391 g/mol. The highest BCUT2D eigenvalue weighted by molar-refractivity contribution is 5.78. The maximum Gasteiger partial charge on any atom is 0.223 e. The lowest BCUT2D eigenvalue weighted by Gasteiger charge is -2.32. The molecule has 0 aliphatic carbocycles. The summed E-state index contributed by atoms with van der Waals surface area (Å²) in [5.41, 5.74) is 1.39. The molecule has 0 aromatic heterocycles. The predicted molar refractivity (Wildman–Crippen MR) is 106 cm³/mol. The molecule has 3 rings (SSSR count). The normalized spacial score (nSPS) is 18.9. The maximum atomic E-state index is 13.6. The molecule has 7 heteroatoms. The molecule has 2 N–H and O–H groups in total. The molecule has 0 saturated carbocycles. The number of halogens is 1. The van der Waals surface area contributed by atoms with Gasteiger partial charge in [0.1, 0.15) is 5.82 Å². The molecule has 1 aromatic carbocycles. The zero-order valence-corrected chi connectivity index (χ0v) is 16.7. The molecule has 2 fully saturated rings. The van der Waals surface area contributed by atoms with E-state index in [1.165, 1.54) is 6.07 Å². The first-order valence-electron chi connectivity index (χ1n) is 10.3. The van der Waals surface area contributed by atoms with Gasteiger partial charge in [0, 0.05) is 51.6 Å². The number of piperidine rings is 1. The summed E-state index contributed by atoms with van der Waals surface area (Å²) in [5, 5.41) is 6.19. The Morgan fingerprint density at radius 3 is 2.57 bits per heavy atom. The fourth-order valence-corrected chi connectivity index (χ4v) is 3.82. The van der Waals surface area contributed by atoms with Crippen LogP contribution in [0.4, 0.5) is 4.39 Å². The van der Waals surface area contributed by atoms with E-state index in [0.717, 1.165) is 64.2 Å². The van der Waals surface area contributed by atoms with E-state index in [2.05, 4.69) is 15.5 Å². The number of nitrogens with zero attached hydrogens (tertiary/aromatic N) is 2. The number of piperazine rings is 1. The van der Waals surface area contributed by atoms with Crippen molar-refractivity contribution in [3.05, 3.63) is 35.1 Å². The van der Waals surface area contributed by atoms with Gasteiger partial charge >= 0.3 is 0 Å². The number of rotatable bonds is 6. The zero-order chi connectivity index (χ0) is 19.9. The lowest BCUT2D eigenvalue weighted by Crippen LogP contribution is -2.47. The van der Waals surface area contributed by atoms with Crippen LogP contribution in [0.2, 0.25) is 0 Å². The molecular weight excluding hydrogens is 359 g/mol. The number of hydrogen-bond acceptors (Lipinski definition) is 4. The van der Waals surface area contributed by atoms with Gasteiger partial charge in [-0.25, -0.2) is 4.39 Å². The van der Waals surface area contributed by atoms with Crippen molar-refractivity contribution in [3.63, 3.8) is 0 Å². The number of likely N-dealkylation sites (tertiary alicyclic amines) is 1. The SMILES string of the molecule is Cc1ccc(CNC(=O)C2CCN(CCC(=O)N3CCNCC3)CC2)cc1F. The van der Waals surface area contributed by atoms with Crippen LogP contribution < -0.4 is 10.6 Å². The maximum absolute atomic E-state index is 13.6. The van der Waals surface area contributed by atoms with Crippen molar-refractivity contribution in [2.24, 2.45) is 5.92 Å². The van der Waals surface area contributed by atoms with Crippen molar-refractivity contribution in [2.45, 2.75) is 32.7 Å². The number of aryl methyl sites for hydroxylation is 1. The lowest BCUT2D eigenvalue weighted by molar-refractivity contribution is -0.132. The minimum Gasteiger partial charge on any atom is -0.352 e. The number of carbonyl (C=O) groups is 2. The summed E-state index contributed by atoms with van der Waals surface area (Å²) in [6.45, 7) is 7.87. The Bertz CT molecular complexity index is 683. The summed E-state index contributed by atoms with van der Waals surface area (Å²) in [5.74, 6) is 0.0232. The van der Waals surface area contributed by atoms with Crippen LogP contribution in [0.15, 0.2) is 18.2 Å². The van der Waals surface area contributed by atoms with Crippen molar-refractivity contribution < 1.29 is 14.0 Å². The predicted octanol–water partition coefficient (Wildman–Crippen LogP) is 1.28. The van der Waals surface area contributed by atoms with Gasteiger partial charge in [-0.2, -0.15) is 0 Å². The lowest BCUT2D eigenvalue weighted by atomic mass is 9.95. The number of amides is 2. The monoisotopic (exact) mass is 390 g/mol. The van der Waals surface area contributed by atoms with Crippen LogP contribution in [-0.4, -0.2) is 67.4 Å². The third-order valence-electron chi connectivity index (χ3n) is 5.77. The highest BCUT2D eigenvalue weighted by atomic mass is 19.1. The number of benzene rings is 1. The third kappa shape index (κ3) is 5.75. The molecule has 2 saturated heterocycles. The van der Waals surface area contributed by atoms with Crippen LogP contribution in [0.1, 0.15) is 30.4 Å². The molecule has 2 heterocycles. The van der Waals surface area contributed by atoms with E-state index in [0.29, 0.717) is 18.5 Å². The van der Waals surface area contributed by atoms with Crippen LogP contribution in [-0.2, 0) is 16.1 Å². The summed E-state index contributed by atoms with van der Waals surface area (Å²) < 4.78 is 13.6. The van der Waals surface area contributed by atoms with Gasteiger partial charge in [-0.15, -0.1) is 0 Å². The second-order valence-electron chi connectivity index (χ2n) is 7.80. The Labute approximate surface area is 166 Å². The van der Waals surface area contributed by atoms with E-state index in [4.69, 9.17) is 0 Å². The fourth-order valence-electron chi connectivity index (χ4n) is 3.82. The molecular formula is C21H31FN4O2. The van der Waals surface area contributed by atoms with Gasteiger partial charge in [-0.05, 0) is 50.0 Å². The minimum atomic E-state index is -0.240. The first-order valence-corrected chi connectivity index (χ1v) is 10.3. The van der Waals surface area contributed by atoms with Gasteiger partial charge in [0.15, 0.2) is 0 Å². The highest BCUT2D eigenvalue weighted by Gasteiger charge is 2.25. The van der Waals surface area contributed by atoms with E-state index in [9.17, 15) is 14.0 Å². The summed E-state index contributed by atoms with van der Waals surface area (Å²) in [4.78, 5) is 28.9. The second kappa shape index (κ2) is 9.98. The van der Waals surface area contributed by atoms with Gasteiger partial charge in [0.25, 0.3) is 0 Å². The quantitative estimate of drug-likeness (QED) is 0.768. The van der Waals surface area contributed by atoms with Gasteiger partial charge in [0.05, 0.1) is 0 Å². The third-order valence-corrected chi connectivity index (χ3v) is 5.77. The van der Waals surface area contributed by atoms with Crippen LogP contribution >= 0.6 is 0 Å². The average Bonchev–Trinajstić information content (AvgIpc) is 2.73. The van der Waals surface area contributed by atoms with Crippen molar-refractivity contribution >= 4 is 11.8 Å². The highest BCUT2D eigenvalue weighted by Crippen LogP contribution is 2.18. The largest absolute Gasteiger partial charge is 0.352 e. The molecule has 0 radical (unpaired) electrons. The Balaban J connectivity index is 1.35. The van der Waals surface area contributed by atoms with Crippen LogP contribution in [0.3, 0.4) is 0 Å². The molecule has 0 bridgehead atoms. The molecule has 0 atom stereocenters. The Morgan fingerprint density at radius 2 is 1.89 bits per heavy atom. The van der Waals surface area contributed by atoms with Crippen molar-refractivity contribution in [3.8, 4) is 0 Å². The molecule has 1 aromatic rings. The molecule has 0 unspecified atom stereocenters. The molecule has 154 valence electrons. The van der Waals surface area contributed by atoms with Gasteiger partial charge in [-0.3, -0.25) is 9.59 Å². The Kier molecular flexibility index (Phi) is 7.39. The van der Waals surface area contributed by atoms with Crippen LogP contribution in [0, 0.1) is 18.7 Å². The molecule has 2 aliphatic heterocycles. The topological polar surface area (TPSA) is 64.7 Å². The standard InChI is InChI=1S/C21H31FN4O2/c1-16-2-3-17(14-19(16)22)15-24-21(28)18-4-9-25(10-5-18)11-6-20(27)26-12-7-23-8-13-26/h2-3,14,18,23H,4-13,15H2,1H3,(H,24,28). The molecule has 0 spiro atoms. The van der Waals surface area contributed by atoms with E-state index in [1.807, 2.05) is 11.0 Å². The second-order valence-corrected chi connectivity index (χ2v) is 7.80. The van der Waals surface area contributed by atoms with Crippen LogP contribution in [0.25, 0.3) is 0 Å². The number of carbonyl (C=O) groups excluding carboxylic acids is 2. The first-order chi connectivity index (χ1) is 13.5. The number of nitrogens with one attached hydrogen (secondary N) is 2. The van der Waals surface area contributed by atoms with Crippen molar-refractivity contribution in [1.82, 2.24) is 20.4 Å². The summed E-state index contributed by atoms with van der Waals surface area (Å²) in [6.07, 6.45) is 2.15. The Morgan fingerprint density at radius 1 is 1.18 bits per heavy atom. The Hall–Kier alpha value is -1.99. The minimum absolute atomic E-state index is 0.00424. The number of hydrogen-bond donors (Lipinski definition) is 2. The van der Waals surface area contributed by atoms with E-state index < -0.39 is 0 Å². The van der Waals surface area contributed by atoms with Crippen molar-refractivity contribution in [2.75, 3.05) is 45.8 Å². The summed E-state index contributed by atoms with van der Waals surface area (Å²) in [6, 6.07) is 5.06. The van der Waals surface area contributed by atoms with Gasteiger partial charge < -0.3 is 20.4 Å². The smallest absolute Gasteiger partial charge is 0.223 e. The van der Waals surface area contributed by atoms with Crippen molar-refractivity contribution in [1.29, 1.82) is 0 Å². The van der Waals surface area contributed by atoms with Gasteiger partial charge in [-0.1, -0.05) is 12.1 Å². The molecule has 2 amide bonds. The zero-order valence-electron chi connectivity index (χ0n) is 16.7.